The maximum absolute atomic E-state index is 5.94. The molecule has 1 saturated heterocycles. The highest BCUT2D eigenvalue weighted by Gasteiger charge is 2.25. The molecule has 2 aromatic heterocycles. The van der Waals surface area contributed by atoms with E-state index in [0.29, 0.717) is 10.9 Å². The van der Waals surface area contributed by atoms with Crippen molar-refractivity contribution in [2.24, 2.45) is 0 Å². The Balaban J connectivity index is 1.71. The van der Waals surface area contributed by atoms with Crippen molar-refractivity contribution in [1.29, 1.82) is 0 Å². The molecule has 2 aromatic rings. The lowest BCUT2D eigenvalue weighted by molar-refractivity contribution is 0.373. The largest absolute Gasteiger partial charge is 0.356 e. The second kappa shape index (κ2) is 7.32. The zero-order valence-corrected chi connectivity index (χ0v) is 14.6. The molecule has 5 nitrogen and oxygen atoms in total. The minimum Gasteiger partial charge on any atom is -0.356 e. The van der Waals surface area contributed by atoms with Crippen LogP contribution in [0.4, 0.5) is 5.82 Å². The zero-order valence-electron chi connectivity index (χ0n) is 13.8. The lowest BCUT2D eigenvalue weighted by Gasteiger charge is -2.33. The Bertz CT molecular complexity index is 622. The van der Waals surface area contributed by atoms with E-state index in [-0.39, 0.29) is 0 Å². The summed E-state index contributed by atoms with van der Waals surface area (Å²) in [5, 5.41) is 0.682. The van der Waals surface area contributed by atoms with Gasteiger partial charge in [-0.2, -0.15) is 0 Å². The predicted octanol–water partition coefficient (Wildman–Crippen LogP) is 2.88. The van der Waals surface area contributed by atoms with E-state index in [1.54, 1.807) is 6.20 Å². The van der Waals surface area contributed by atoms with Gasteiger partial charge in [-0.05, 0) is 39.1 Å². The van der Waals surface area contributed by atoms with Crippen molar-refractivity contribution in [2.45, 2.75) is 25.3 Å². The van der Waals surface area contributed by atoms with Gasteiger partial charge in [0.15, 0.2) is 0 Å². The maximum atomic E-state index is 5.94. The van der Waals surface area contributed by atoms with Crippen LogP contribution in [0.15, 0.2) is 30.7 Å². The first-order valence-corrected chi connectivity index (χ1v) is 8.53. The van der Waals surface area contributed by atoms with E-state index < -0.39 is 0 Å². The summed E-state index contributed by atoms with van der Waals surface area (Å²) in [6, 6.07) is 3.91. The van der Waals surface area contributed by atoms with Crippen molar-refractivity contribution in [3.8, 4) is 0 Å². The number of piperidine rings is 1. The van der Waals surface area contributed by atoms with Crippen LogP contribution in [0.25, 0.3) is 0 Å². The van der Waals surface area contributed by atoms with Gasteiger partial charge < -0.3 is 14.4 Å². The van der Waals surface area contributed by atoms with Gasteiger partial charge in [0.05, 0.1) is 5.02 Å². The van der Waals surface area contributed by atoms with E-state index in [1.807, 2.05) is 18.3 Å². The summed E-state index contributed by atoms with van der Waals surface area (Å²) < 4.78 is 2.30. The molecule has 23 heavy (non-hydrogen) atoms. The molecule has 0 bridgehead atoms. The van der Waals surface area contributed by atoms with Crippen molar-refractivity contribution in [3.63, 3.8) is 0 Å². The average molecular weight is 334 g/mol. The molecule has 0 spiro atoms. The SMILES string of the molecule is CN(C)CCn1ccnc1C1CCCN(c2ccc(Cl)cn2)C1. The third kappa shape index (κ3) is 4.03. The van der Waals surface area contributed by atoms with Gasteiger partial charge in [0.25, 0.3) is 0 Å². The second-order valence-electron chi connectivity index (χ2n) is 6.40. The Kier molecular flexibility index (Phi) is 5.18. The first-order valence-electron chi connectivity index (χ1n) is 8.16. The van der Waals surface area contributed by atoms with Gasteiger partial charge in [0.2, 0.25) is 0 Å². The third-order valence-electron chi connectivity index (χ3n) is 4.36. The van der Waals surface area contributed by atoms with Gasteiger partial charge in [0.1, 0.15) is 11.6 Å². The molecule has 0 aromatic carbocycles. The van der Waals surface area contributed by atoms with E-state index in [2.05, 4.69) is 44.6 Å². The third-order valence-corrected chi connectivity index (χ3v) is 4.58. The van der Waals surface area contributed by atoms with Crippen LogP contribution in [0.3, 0.4) is 0 Å². The summed E-state index contributed by atoms with van der Waals surface area (Å²) in [4.78, 5) is 13.6. The molecule has 0 radical (unpaired) electrons. The van der Waals surface area contributed by atoms with Gasteiger partial charge in [-0.15, -0.1) is 0 Å². The van der Waals surface area contributed by atoms with Crippen LogP contribution in [-0.2, 0) is 6.54 Å². The minimum atomic E-state index is 0.457. The fourth-order valence-corrected chi connectivity index (χ4v) is 3.24. The molecule has 1 unspecified atom stereocenters. The molecule has 124 valence electrons. The van der Waals surface area contributed by atoms with Gasteiger partial charge >= 0.3 is 0 Å². The molecule has 0 saturated carbocycles. The molecular formula is C17H24ClN5. The van der Waals surface area contributed by atoms with Gasteiger partial charge in [0, 0.05) is 50.7 Å². The quantitative estimate of drug-likeness (QED) is 0.843. The van der Waals surface area contributed by atoms with E-state index in [0.717, 1.165) is 38.4 Å². The fraction of sp³-hybridized carbons (Fsp3) is 0.529. The van der Waals surface area contributed by atoms with Gasteiger partial charge in [-0.3, -0.25) is 0 Å². The van der Waals surface area contributed by atoms with Crippen LogP contribution >= 0.6 is 11.6 Å². The number of nitrogens with zero attached hydrogens (tertiary/aromatic N) is 5. The first-order chi connectivity index (χ1) is 11.1. The topological polar surface area (TPSA) is 37.2 Å². The smallest absolute Gasteiger partial charge is 0.128 e. The lowest BCUT2D eigenvalue weighted by atomic mass is 9.97. The second-order valence-corrected chi connectivity index (χ2v) is 6.84. The van der Waals surface area contributed by atoms with Crippen LogP contribution in [0.2, 0.25) is 5.02 Å². The summed E-state index contributed by atoms with van der Waals surface area (Å²) >= 11 is 5.94. The molecule has 0 aliphatic carbocycles. The molecule has 3 rings (SSSR count). The Morgan fingerprint density at radius 3 is 2.91 bits per heavy atom. The Morgan fingerprint density at radius 1 is 1.30 bits per heavy atom. The molecule has 1 fully saturated rings. The van der Waals surface area contributed by atoms with Crippen molar-refractivity contribution in [3.05, 3.63) is 41.6 Å². The monoisotopic (exact) mass is 333 g/mol. The number of pyridine rings is 1. The standard InChI is InChI=1S/C17H24ClN5/c1-21(2)10-11-22-9-7-19-17(22)14-4-3-8-23(13-14)16-6-5-15(18)12-20-16/h5-7,9,12,14H,3-4,8,10-11,13H2,1-2H3. The van der Waals surface area contributed by atoms with E-state index in [1.165, 1.54) is 12.2 Å². The normalized spacial score (nSPS) is 18.6. The highest BCUT2D eigenvalue weighted by Crippen LogP contribution is 2.28. The predicted molar refractivity (Wildman–Crippen MR) is 94.2 cm³/mol. The van der Waals surface area contributed by atoms with Crippen LogP contribution in [0.5, 0.6) is 0 Å². The maximum Gasteiger partial charge on any atom is 0.128 e. The highest BCUT2D eigenvalue weighted by atomic mass is 35.5. The number of aromatic nitrogens is 3. The van der Waals surface area contributed by atoms with Crippen molar-refractivity contribution in [1.82, 2.24) is 19.4 Å². The van der Waals surface area contributed by atoms with Crippen LogP contribution in [-0.4, -0.2) is 53.2 Å². The van der Waals surface area contributed by atoms with Gasteiger partial charge in [-0.25, -0.2) is 9.97 Å². The van der Waals surface area contributed by atoms with Crippen molar-refractivity contribution < 1.29 is 0 Å². The van der Waals surface area contributed by atoms with Crippen LogP contribution in [0.1, 0.15) is 24.6 Å². The lowest BCUT2D eigenvalue weighted by Crippen LogP contribution is -2.36. The number of likely N-dealkylation sites (N-methyl/N-ethyl adjacent to an activating group) is 1. The summed E-state index contributed by atoms with van der Waals surface area (Å²) in [5.41, 5.74) is 0. The molecule has 6 heteroatoms. The molecule has 1 atom stereocenters. The summed E-state index contributed by atoms with van der Waals surface area (Å²) in [6.45, 7) is 4.02. The fourth-order valence-electron chi connectivity index (χ4n) is 3.13. The molecule has 1 aliphatic heterocycles. The van der Waals surface area contributed by atoms with E-state index in [9.17, 15) is 0 Å². The van der Waals surface area contributed by atoms with Gasteiger partial charge in [-0.1, -0.05) is 11.6 Å². The summed E-state index contributed by atoms with van der Waals surface area (Å²) in [7, 11) is 4.20. The first kappa shape index (κ1) is 16.3. The number of halogens is 1. The Morgan fingerprint density at radius 2 is 2.17 bits per heavy atom. The van der Waals surface area contributed by atoms with E-state index >= 15 is 0 Å². The number of hydrogen-bond donors (Lipinski definition) is 0. The number of imidazole rings is 1. The molecule has 1 aliphatic rings. The van der Waals surface area contributed by atoms with Crippen molar-refractivity contribution >= 4 is 17.4 Å². The van der Waals surface area contributed by atoms with Crippen molar-refractivity contribution in [2.75, 3.05) is 38.6 Å². The molecule has 0 N–H and O–H groups in total. The number of anilines is 1. The molecule has 3 heterocycles. The average Bonchev–Trinajstić information content (AvgIpc) is 3.02. The molecule has 0 amide bonds. The van der Waals surface area contributed by atoms with Crippen LogP contribution < -0.4 is 4.90 Å². The summed E-state index contributed by atoms with van der Waals surface area (Å²) in [5.74, 6) is 2.66. The van der Waals surface area contributed by atoms with Crippen LogP contribution in [0, 0.1) is 0 Å². The highest BCUT2D eigenvalue weighted by molar-refractivity contribution is 6.30. The molecular weight excluding hydrogens is 310 g/mol. The Hall–Kier alpha value is -1.59. The van der Waals surface area contributed by atoms with E-state index in [4.69, 9.17) is 11.6 Å². The minimum absolute atomic E-state index is 0.457. The number of rotatable bonds is 5. The number of hydrogen-bond acceptors (Lipinski definition) is 4. The summed E-state index contributed by atoms with van der Waals surface area (Å²) in [6.07, 6.45) is 8.08. The Labute approximate surface area is 142 Å². The zero-order chi connectivity index (χ0) is 16.2.